The molecule has 118 valence electrons. The van der Waals surface area contributed by atoms with Gasteiger partial charge in [0.05, 0.1) is 16.6 Å². The number of carbonyl (C=O) groups is 1. The Morgan fingerprint density at radius 1 is 1.18 bits per heavy atom. The highest BCUT2D eigenvalue weighted by Crippen LogP contribution is 2.39. The van der Waals surface area contributed by atoms with Crippen molar-refractivity contribution >= 4 is 23.2 Å². The molecular weight excluding hydrogens is 298 g/mol. The molecule has 3 atom stereocenters. The fourth-order valence-electron chi connectivity index (χ4n) is 4.48. The monoisotopic (exact) mass is 319 g/mol. The summed E-state index contributed by atoms with van der Waals surface area (Å²) in [4.78, 5) is 21.2. The van der Waals surface area contributed by atoms with E-state index in [9.17, 15) is 4.79 Å². The molecule has 2 aliphatic heterocycles. The summed E-state index contributed by atoms with van der Waals surface area (Å²) in [7, 11) is 0. The molecule has 0 radical (unpaired) electrons. The van der Waals surface area contributed by atoms with Crippen LogP contribution >= 0.6 is 11.6 Å². The number of carbonyl (C=O) groups excluding carboxylic acids is 1. The smallest absolute Gasteiger partial charge is 0.227 e. The quantitative estimate of drug-likeness (QED) is 0.841. The number of halogens is 1. The van der Waals surface area contributed by atoms with Crippen molar-refractivity contribution < 1.29 is 4.79 Å². The molecule has 22 heavy (non-hydrogen) atoms. The lowest BCUT2D eigenvalue weighted by molar-refractivity contribution is -0.134. The average molecular weight is 320 g/mol. The molecule has 1 aromatic heterocycles. The van der Waals surface area contributed by atoms with Gasteiger partial charge in [-0.1, -0.05) is 18.0 Å². The molecule has 0 N–H and O–H groups in total. The van der Waals surface area contributed by atoms with Gasteiger partial charge in [-0.05, 0) is 37.2 Å². The van der Waals surface area contributed by atoms with Crippen molar-refractivity contribution in [1.82, 2.24) is 9.88 Å². The van der Waals surface area contributed by atoms with Gasteiger partial charge >= 0.3 is 0 Å². The first-order valence-corrected chi connectivity index (χ1v) is 8.73. The maximum Gasteiger partial charge on any atom is 0.227 e. The summed E-state index contributed by atoms with van der Waals surface area (Å²) in [6.45, 7) is 3.68. The SMILES string of the molecule is O=C(C1CCN(c2ccncc2Cl)C1)N1CC2CCCC2C1. The molecule has 3 unspecified atom stereocenters. The van der Waals surface area contributed by atoms with E-state index in [1.165, 1.54) is 19.3 Å². The van der Waals surface area contributed by atoms with E-state index in [-0.39, 0.29) is 5.92 Å². The maximum atomic E-state index is 12.8. The van der Waals surface area contributed by atoms with Crippen LogP contribution in [0.4, 0.5) is 5.69 Å². The molecule has 0 bridgehead atoms. The fourth-order valence-corrected chi connectivity index (χ4v) is 4.72. The van der Waals surface area contributed by atoms with Gasteiger partial charge in [0.15, 0.2) is 0 Å². The molecule has 3 fully saturated rings. The number of hydrogen-bond acceptors (Lipinski definition) is 3. The molecule has 1 aromatic rings. The largest absolute Gasteiger partial charge is 0.369 e. The third-order valence-corrected chi connectivity index (χ3v) is 5.96. The van der Waals surface area contributed by atoms with Gasteiger partial charge in [0.25, 0.3) is 0 Å². The van der Waals surface area contributed by atoms with Gasteiger partial charge in [0.2, 0.25) is 5.91 Å². The van der Waals surface area contributed by atoms with Gasteiger partial charge in [-0.2, -0.15) is 0 Å². The van der Waals surface area contributed by atoms with E-state index < -0.39 is 0 Å². The Morgan fingerprint density at radius 3 is 2.68 bits per heavy atom. The molecular formula is C17H22ClN3O. The van der Waals surface area contributed by atoms with Gasteiger partial charge in [-0.15, -0.1) is 0 Å². The number of rotatable bonds is 2. The van der Waals surface area contributed by atoms with Crippen LogP contribution in [0.15, 0.2) is 18.5 Å². The van der Waals surface area contributed by atoms with Crippen LogP contribution in [0.5, 0.6) is 0 Å². The fraction of sp³-hybridized carbons (Fsp3) is 0.647. The number of aromatic nitrogens is 1. The van der Waals surface area contributed by atoms with Gasteiger partial charge in [-0.25, -0.2) is 0 Å². The minimum absolute atomic E-state index is 0.128. The number of amides is 1. The van der Waals surface area contributed by atoms with Crippen LogP contribution in [0.25, 0.3) is 0 Å². The van der Waals surface area contributed by atoms with E-state index in [1.54, 1.807) is 12.4 Å². The Balaban J connectivity index is 1.40. The Morgan fingerprint density at radius 2 is 1.95 bits per heavy atom. The van der Waals surface area contributed by atoms with Crippen LogP contribution in [-0.2, 0) is 4.79 Å². The summed E-state index contributed by atoms with van der Waals surface area (Å²) >= 11 is 6.22. The van der Waals surface area contributed by atoms with Crippen molar-refractivity contribution in [3.8, 4) is 0 Å². The van der Waals surface area contributed by atoms with Crippen molar-refractivity contribution in [3.05, 3.63) is 23.5 Å². The van der Waals surface area contributed by atoms with Crippen molar-refractivity contribution in [2.75, 3.05) is 31.1 Å². The first kappa shape index (κ1) is 14.3. The van der Waals surface area contributed by atoms with Crippen molar-refractivity contribution in [3.63, 3.8) is 0 Å². The van der Waals surface area contributed by atoms with E-state index in [0.29, 0.717) is 10.9 Å². The number of hydrogen-bond donors (Lipinski definition) is 0. The number of anilines is 1. The molecule has 4 rings (SSSR count). The average Bonchev–Trinajstić information content (AvgIpc) is 3.22. The second kappa shape index (κ2) is 5.73. The van der Waals surface area contributed by atoms with E-state index in [4.69, 9.17) is 11.6 Å². The number of nitrogens with zero attached hydrogens (tertiary/aromatic N) is 3. The van der Waals surface area contributed by atoms with Crippen molar-refractivity contribution in [2.45, 2.75) is 25.7 Å². The first-order valence-electron chi connectivity index (χ1n) is 8.35. The lowest BCUT2D eigenvalue weighted by atomic mass is 10.0. The molecule has 0 spiro atoms. The van der Waals surface area contributed by atoms with E-state index >= 15 is 0 Å². The molecule has 1 amide bonds. The van der Waals surface area contributed by atoms with Crippen LogP contribution in [0.1, 0.15) is 25.7 Å². The van der Waals surface area contributed by atoms with Crippen LogP contribution in [-0.4, -0.2) is 42.0 Å². The molecule has 4 nitrogen and oxygen atoms in total. The number of pyridine rings is 1. The molecule has 1 saturated carbocycles. The summed E-state index contributed by atoms with van der Waals surface area (Å²) in [5.74, 6) is 2.04. The van der Waals surface area contributed by atoms with Crippen molar-refractivity contribution in [1.29, 1.82) is 0 Å². The zero-order chi connectivity index (χ0) is 15.1. The standard InChI is InChI=1S/C17H22ClN3O/c18-15-8-19-6-4-16(15)20-7-5-14(11-20)17(22)21-9-12-2-1-3-13(12)10-21/h4,6,8,12-14H,1-3,5,7,9-11H2. The highest BCUT2D eigenvalue weighted by atomic mass is 35.5. The second-order valence-corrected chi connectivity index (χ2v) is 7.36. The van der Waals surface area contributed by atoms with Gasteiger partial charge in [0, 0.05) is 38.6 Å². The zero-order valence-corrected chi connectivity index (χ0v) is 13.5. The minimum Gasteiger partial charge on any atom is -0.369 e. The Bertz CT molecular complexity index is 567. The molecule has 3 heterocycles. The second-order valence-electron chi connectivity index (χ2n) is 6.95. The first-order chi connectivity index (χ1) is 10.7. The summed E-state index contributed by atoms with van der Waals surface area (Å²) in [5, 5.41) is 0.673. The third kappa shape index (κ3) is 2.47. The van der Waals surface area contributed by atoms with Crippen molar-refractivity contribution in [2.24, 2.45) is 17.8 Å². The van der Waals surface area contributed by atoms with E-state index in [0.717, 1.165) is 50.1 Å². The summed E-state index contributed by atoms with van der Waals surface area (Å²) < 4.78 is 0. The molecule has 0 aromatic carbocycles. The number of fused-ring (bicyclic) bond motifs is 1. The topological polar surface area (TPSA) is 36.4 Å². The minimum atomic E-state index is 0.128. The lowest BCUT2D eigenvalue weighted by Crippen LogP contribution is -2.36. The van der Waals surface area contributed by atoms with E-state index in [1.807, 2.05) is 6.07 Å². The van der Waals surface area contributed by atoms with E-state index in [2.05, 4.69) is 14.8 Å². The highest BCUT2D eigenvalue weighted by molar-refractivity contribution is 6.33. The molecule has 2 saturated heterocycles. The maximum absolute atomic E-state index is 12.8. The van der Waals surface area contributed by atoms with Gasteiger partial charge in [0.1, 0.15) is 0 Å². The normalized spacial score (nSPS) is 30.9. The highest BCUT2D eigenvalue weighted by Gasteiger charge is 2.41. The zero-order valence-electron chi connectivity index (χ0n) is 12.7. The Hall–Kier alpha value is -1.29. The van der Waals surface area contributed by atoms with Crippen LogP contribution in [0.2, 0.25) is 5.02 Å². The summed E-state index contributed by atoms with van der Waals surface area (Å²) in [6, 6.07) is 1.94. The van der Waals surface area contributed by atoms with Crippen LogP contribution < -0.4 is 4.90 Å². The number of likely N-dealkylation sites (tertiary alicyclic amines) is 1. The van der Waals surface area contributed by atoms with Gasteiger partial charge in [-0.3, -0.25) is 9.78 Å². The van der Waals surface area contributed by atoms with Crippen LogP contribution in [0.3, 0.4) is 0 Å². The predicted octanol–water partition coefficient (Wildman–Crippen LogP) is 2.82. The Kier molecular flexibility index (Phi) is 3.73. The molecule has 3 aliphatic rings. The Labute approximate surface area is 136 Å². The third-order valence-electron chi connectivity index (χ3n) is 5.67. The lowest BCUT2D eigenvalue weighted by Gasteiger charge is -2.23. The summed E-state index contributed by atoms with van der Waals surface area (Å²) in [6.07, 6.45) is 8.36. The predicted molar refractivity (Wildman–Crippen MR) is 87.0 cm³/mol. The molecule has 1 aliphatic carbocycles. The van der Waals surface area contributed by atoms with Gasteiger partial charge < -0.3 is 9.80 Å². The molecule has 5 heteroatoms. The summed E-state index contributed by atoms with van der Waals surface area (Å²) in [5.41, 5.74) is 1.00. The van der Waals surface area contributed by atoms with Crippen LogP contribution in [0, 0.1) is 17.8 Å².